The average Bonchev–Trinajstić information content (AvgIpc) is 2.55. The zero-order valence-corrected chi connectivity index (χ0v) is 13.5. The number of aryl methyl sites for hydroxylation is 1. The number of halogens is 1. The summed E-state index contributed by atoms with van der Waals surface area (Å²) < 4.78 is 1.08. The van der Waals surface area contributed by atoms with Gasteiger partial charge in [-0.25, -0.2) is 0 Å². The quantitative estimate of drug-likeness (QED) is 0.708. The zero-order chi connectivity index (χ0) is 14.7. The van der Waals surface area contributed by atoms with E-state index in [1.54, 1.807) is 0 Å². The minimum Gasteiger partial charge on any atom is -0.381 e. The maximum atomic E-state index is 4.51. The molecule has 1 aromatic heterocycles. The van der Waals surface area contributed by atoms with Crippen LogP contribution in [0.25, 0.3) is 10.9 Å². The number of pyridine rings is 1. The second-order valence-electron chi connectivity index (χ2n) is 5.01. The molecule has 1 N–H and O–H groups in total. The van der Waals surface area contributed by atoms with Crippen molar-refractivity contribution in [3.63, 3.8) is 0 Å². The maximum absolute atomic E-state index is 4.51. The number of hydrogen-bond acceptors (Lipinski definition) is 2. The van der Waals surface area contributed by atoms with Gasteiger partial charge in [0.15, 0.2) is 0 Å². The molecule has 0 atom stereocenters. The van der Waals surface area contributed by atoms with Crippen molar-refractivity contribution in [2.45, 2.75) is 19.9 Å². The highest BCUT2D eigenvalue weighted by Gasteiger charge is 2.05. The van der Waals surface area contributed by atoms with Crippen LogP contribution in [0, 0.1) is 0 Å². The lowest BCUT2D eigenvalue weighted by Crippen LogP contribution is -2.01. The Morgan fingerprint density at radius 2 is 1.86 bits per heavy atom. The summed E-state index contributed by atoms with van der Waals surface area (Å²) in [6.45, 7) is 2.94. The number of anilines is 1. The van der Waals surface area contributed by atoms with Gasteiger partial charge in [0, 0.05) is 28.3 Å². The highest BCUT2D eigenvalue weighted by Crippen LogP contribution is 2.25. The molecular weight excluding hydrogens is 324 g/mol. The Hall–Kier alpha value is -1.87. The monoisotopic (exact) mass is 340 g/mol. The van der Waals surface area contributed by atoms with Crippen LogP contribution in [0.3, 0.4) is 0 Å². The summed E-state index contributed by atoms with van der Waals surface area (Å²) in [6.07, 6.45) is 2.91. The van der Waals surface area contributed by atoms with E-state index in [1.165, 1.54) is 11.1 Å². The van der Waals surface area contributed by atoms with Crippen molar-refractivity contribution in [2.75, 3.05) is 5.32 Å². The lowest BCUT2D eigenvalue weighted by molar-refractivity contribution is 1.12. The van der Waals surface area contributed by atoms with E-state index in [2.05, 4.69) is 75.6 Å². The van der Waals surface area contributed by atoms with Crippen LogP contribution in [0.5, 0.6) is 0 Å². The molecule has 0 aliphatic carbocycles. The van der Waals surface area contributed by atoms with Crippen LogP contribution in [0.4, 0.5) is 5.69 Å². The number of nitrogens with one attached hydrogen (secondary N) is 1. The Balaban J connectivity index is 1.83. The van der Waals surface area contributed by atoms with E-state index in [4.69, 9.17) is 0 Å². The topological polar surface area (TPSA) is 24.9 Å². The molecule has 0 spiro atoms. The molecule has 106 valence electrons. The van der Waals surface area contributed by atoms with Crippen LogP contribution < -0.4 is 5.32 Å². The summed E-state index contributed by atoms with van der Waals surface area (Å²) in [7, 11) is 0. The molecule has 0 saturated carbocycles. The molecule has 0 radical (unpaired) electrons. The van der Waals surface area contributed by atoms with E-state index in [-0.39, 0.29) is 0 Å². The van der Waals surface area contributed by atoms with Crippen LogP contribution in [0.1, 0.15) is 18.1 Å². The summed E-state index contributed by atoms with van der Waals surface area (Å²) in [5.41, 5.74) is 4.74. The van der Waals surface area contributed by atoms with E-state index in [0.29, 0.717) is 0 Å². The number of benzene rings is 2. The minimum absolute atomic E-state index is 0.770. The van der Waals surface area contributed by atoms with Gasteiger partial charge in [0.2, 0.25) is 0 Å². The van der Waals surface area contributed by atoms with E-state index in [0.717, 1.165) is 34.0 Å². The molecule has 0 amide bonds. The van der Waals surface area contributed by atoms with Crippen molar-refractivity contribution in [1.82, 2.24) is 4.98 Å². The second kappa shape index (κ2) is 6.27. The number of rotatable bonds is 4. The van der Waals surface area contributed by atoms with Crippen LogP contribution >= 0.6 is 15.9 Å². The SMILES string of the molecule is CCc1ccc(NCc2ccc(Br)c3cccnc23)cc1. The van der Waals surface area contributed by atoms with Crippen LogP contribution in [0.15, 0.2) is 59.2 Å². The first-order valence-electron chi connectivity index (χ1n) is 7.13. The molecule has 3 heteroatoms. The predicted molar refractivity (Wildman–Crippen MR) is 92.6 cm³/mol. The summed E-state index contributed by atoms with van der Waals surface area (Å²) in [5, 5.41) is 4.62. The Morgan fingerprint density at radius 3 is 2.62 bits per heavy atom. The van der Waals surface area contributed by atoms with Crippen molar-refractivity contribution < 1.29 is 0 Å². The van der Waals surface area contributed by atoms with Crippen molar-refractivity contribution >= 4 is 32.5 Å². The highest BCUT2D eigenvalue weighted by atomic mass is 79.9. The Bertz CT molecular complexity index is 751. The fourth-order valence-electron chi connectivity index (χ4n) is 2.39. The molecule has 0 aliphatic rings. The van der Waals surface area contributed by atoms with Crippen molar-refractivity contribution in [1.29, 1.82) is 0 Å². The predicted octanol–water partition coefficient (Wildman–Crippen LogP) is 5.17. The molecule has 2 aromatic carbocycles. The van der Waals surface area contributed by atoms with E-state index >= 15 is 0 Å². The van der Waals surface area contributed by atoms with Crippen molar-refractivity contribution in [3.8, 4) is 0 Å². The fraction of sp³-hybridized carbons (Fsp3) is 0.167. The molecular formula is C18H17BrN2. The zero-order valence-electron chi connectivity index (χ0n) is 11.9. The van der Waals surface area contributed by atoms with Gasteiger partial charge in [0.1, 0.15) is 0 Å². The molecule has 0 fully saturated rings. The first-order chi connectivity index (χ1) is 10.3. The molecule has 3 aromatic rings. The van der Waals surface area contributed by atoms with Gasteiger partial charge in [-0.3, -0.25) is 4.98 Å². The van der Waals surface area contributed by atoms with Gasteiger partial charge in [-0.15, -0.1) is 0 Å². The smallest absolute Gasteiger partial charge is 0.0763 e. The summed E-state index contributed by atoms with van der Waals surface area (Å²) in [4.78, 5) is 4.51. The first kappa shape index (κ1) is 14.1. The lowest BCUT2D eigenvalue weighted by Gasteiger charge is -2.10. The Morgan fingerprint density at radius 1 is 1.05 bits per heavy atom. The molecule has 3 rings (SSSR count). The second-order valence-corrected chi connectivity index (χ2v) is 5.86. The number of aromatic nitrogens is 1. The maximum Gasteiger partial charge on any atom is 0.0763 e. The van der Waals surface area contributed by atoms with Gasteiger partial charge in [-0.05, 0) is 41.8 Å². The third kappa shape index (κ3) is 3.08. The molecule has 0 aliphatic heterocycles. The van der Waals surface area contributed by atoms with Crippen LogP contribution in [-0.2, 0) is 13.0 Å². The van der Waals surface area contributed by atoms with Crippen LogP contribution in [-0.4, -0.2) is 4.98 Å². The summed E-state index contributed by atoms with van der Waals surface area (Å²) >= 11 is 3.58. The average molecular weight is 341 g/mol. The number of hydrogen-bond donors (Lipinski definition) is 1. The van der Waals surface area contributed by atoms with Gasteiger partial charge in [-0.2, -0.15) is 0 Å². The summed E-state index contributed by atoms with van der Waals surface area (Å²) in [5.74, 6) is 0. The molecule has 0 saturated heterocycles. The number of nitrogens with zero attached hydrogens (tertiary/aromatic N) is 1. The molecule has 1 heterocycles. The third-order valence-corrected chi connectivity index (χ3v) is 4.34. The fourth-order valence-corrected chi connectivity index (χ4v) is 2.85. The lowest BCUT2D eigenvalue weighted by atomic mass is 10.1. The Kier molecular flexibility index (Phi) is 4.20. The standard InChI is InChI=1S/C18H17BrN2/c1-2-13-5-8-15(9-6-13)21-12-14-7-10-17(19)16-4-3-11-20-18(14)16/h3-11,21H,2,12H2,1H3. The third-order valence-electron chi connectivity index (χ3n) is 3.65. The van der Waals surface area contributed by atoms with E-state index in [1.807, 2.05) is 12.3 Å². The van der Waals surface area contributed by atoms with E-state index in [9.17, 15) is 0 Å². The molecule has 21 heavy (non-hydrogen) atoms. The van der Waals surface area contributed by atoms with Crippen molar-refractivity contribution in [3.05, 3.63) is 70.3 Å². The molecule has 0 bridgehead atoms. The van der Waals surface area contributed by atoms with Crippen LogP contribution in [0.2, 0.25) is 0 Å². The van der Waals surface area contributed by atoms with Gasteiger partial charge < -0.3 is 5.32 Å². The van der Waals surface area contributed by atoms with E-state index < -0.39 is 0 Å². The largest absolute Gasteiger partial charge is 0.381 e. The Labute approximate surface area is 133 Å². The summed E-state index contributed by atoms with van der Waals surface area (Å²) in [6, 6.07) is 16.9. The normalized spacial score (nSPS) is 10.8. The molecule has 0 unspecified atom stereocenters. The van der Waals surface area contributed by atoms with Gasteiger partial charge in [0.25, 0.3) is 0 Å². The first-order valence-corrected chi connectivity index (χ1v) is 7.92. The van der Waals surface area contributed by atoms with Crippen molar-refractivity contribution in [2.24, 2.45) is 0 Å². The van der Waals surface area contributed by atoms with Gasteiger partial charge >= 0.3 is 0 Å². The van der Waals surface area contributed by atoms with Gasteiger partial charge in [0.05, 0.1) is 5.52 Å². The molecule has 2 nitrogen and oxygen atoms in total. The number of fused-ring (bicyclic) bond motifs is 1. The van der Waals surface area contributed by atoms with Gasteiger partial charge in [-0.1, -0.05) is 47.1 Å². The highest BCUT2D eigenvalue weighted by molar-refractivity contribution is 9.10. The minimum atomic E-state index is 0.770.